The van der Waals surface area contributed by atoms with E-state index in [1.807, 2.05) is 43.5 Å². The predicted molar refractivity (Wildman–Crippen MR) is 113 cm³/mol. The van der Waals surface area contributed by atoms with Gasteiger partial charge in [0, 0.05) is 23.9 Å². The molecule has 1 amide bonds. The molecule has 160 valence electrons. The van der Waals surface area contributed by atoms with Crippen molar-refractivity contribution in [3.63, 3.8) is 0 Å². The van der Waals surface area contributed by atoms with E-state index in [1.165, 1.54) is 0 Å². The normalized spacial score (nSPS) is 19.8. The van der Waals surface area contributed by atoms with Gasteiger partial charge in [0.15, 0.2) is 11.5 Å². The van der Waals surface area contributed by atoms with E-state index in [-0.39, 0.29) is 24.8 Å². The number of nitrogens with zero attached hydrogens (tertiary/aromatic N) is 2. The van der Waals surface area contributed by atoms with Crippen LogP contribution in [0, 0.1) is 6.92 Å². The Morgan fingerprint density at radius 2 is 1.94 bits per heavy atom. The zero-order valence-corrected chi connectivity index (χ0v) is 17.3. The first-order valence-corrected chi connectivity index (χ1v) is 10.5. The fourth-order valence-electron chi connectivity index (χ4n) is 3.92. The molecule has 3 heterocycles. The first-order valence-electron chi connectivity index (χ1n) is 10.5. The van der Waals surface area contributed by atoms with Gasteiger partial charge in [-0.2, -0.15) is 5.10 Å². The molecular formula is C23H24N4O4. The average molecular weight is 420 g/mol. The zero-order valence-electron chi connectivity index (χ0n) is 17.3. The Morgan fingerprint density at radius 3 is 2.74 bits per heavy atom. The van der Waals surface area contributed by atoms with Crippen LogP contribution < -0.4 is 19.5 Å². The van der Waals surface area contributed by atoms with Gasteiger partial charge in [-0.05, 0) is 62.4 Å². The average Bonchev–Trinajstić information content (AvgIpc) is 3.46. The molecule has 8 nitrogen and oxygen atoms in total. The molecule has 1 fully saturated rings. The van der Waals surface area contributed by atoms with E-state index in [9.17, 15) is 4.79 Å². The minimum atomic E-state index is -0.149. The molecule has 0 radical (unpaired) electrons. The zero-order chi connectivity index (χ0) is 21.2. The smallest absolute Gasteiger partial charge is 0.269 e. The molecule has 1 aliphatic carbocycles. The predicted octanol–water partition coefficient (Wildman–Crippen LogP) is 3.63. The summed E-state index contributed by atoms with van der Waals surface area (Å²) < 4.78 is 16.7. The Kier molecular flexibility index (Phi) is 5.19. The highest BCUT2D eigenvalue weighted by Gasteiger charge is 2.25. The molecule has 5 rings (SSSR count). The van der Waals surface area contributed by atoms with E-state index in [0.29, 0.717) is 23.0 Å². The number of benzene rings is 1. The lowest BCUT2D eigenvalue weighted by molar-refractivity contribution is 0.0885. The Bertz CT molecular complexity index is 1070. The number of carbonyl (C=O) groups is 1. The van der Waals surface area contributed by atoms with Gasteiger partial charge in [0.05, 0.1) is 5.69 Å². The summed E-state index contributed by atoms with van der Waals surface area (Å²) in [5.74, 6) is 1.91. The molecule has 2 aromatic heterocycles. The van der Waals surface area contributed by atoms with Crippen LogP contribution in [0.1, 0.15) is 41.7 Å². The highest BCUT2D eigenvalue weighted by molar-refractivity contribution is 5.93. The molecule has 0 spiro atoms. The molecule has 2 N–H and O–H groups in total. The fraction of sp³-hybridized carbons (Fsp3) is 0.348. The van der Waals surface area contributed by atoms with Crippen LogP contribution in [0.15, 0.2) is 42.6 Å². The highest BCUT2D eigenvalue weighted by atomic mass is 16.7. The maximum atomic E-state index is 12.7. The molecule has 1 aromatic carbocycles. The van der Waals surface area contributed by atoms with Crippen molar-refractivity contribution in [2.75, 3.05) is 6.79 Å². The third kappa shape index (κ3) is 4.33. The van der Waals surface area contributed by atoms with Crippen molar-refractivity contribution in [1.29, 1.82) is 0 Å². The molecule has 2 aliphatic rings. The van der Waals surface area contributed by atoms with E-state index >= 15 is 0 Å². The number of fused-ring (bicyclic) bond motifs is 1. The topological polar surface area (TPSA) is 98.4 Å². The number of aromatic amines is 1. The largest absolute Gasteiger partial charge is 0.474 e. The number of ether oxygens (including phenoxy) is 3. The molecule has 8 heteroatoms. The van der Waals surface area contributed by atoms with Crippen LogP contribution in [0.25, 0.3) is 11.3 Å². The number of pyridine rings is 1. The second-order valence-corrected chi connectivity index (χ2v) is 7.97. The lowest BCUT2D eigenvalue weighted by atomic mass is 9.93. The summed E-state index contributed by atoms with van der Waals surface area (Å²) in [4.78, 5) is 17.0. The molecule has 3 aromatic rings. The number of amides is 1. The number of H-pyrrole nitrogens is 1. The summed E-state index contributed by atoms with van der Waals surface area (Å²) in [6.45, 7) is 2.23. The van der Waals surface area contributed by atoms with Crippen molar-refractivity contribution in [3.05, 3.63) is 53.9 Å². The van der Waals surface area contributed by atoms with E-state index < -0.39 is 0 Å². The molecule has 0 bridgehead atoms. The molecular weight excluding hydrogens is 396 g/mol. The van der Waals surface area contributed by atoms with Gasteiger partial charge in [-0.25, -0.2) is 4.98 Å². The lowest BCUT2D eigenvalue weighted by Gasteiger charge is -2.29. The number of hydrogen-bond acceptors (Lipinski definition) is 6. The minimum Gasteiger partial charge on any atom is -0.474 e. The summed E-state index contributed by atoms with van der Waals surface area (Å²) in [5.41, 5.74) is 3.10. The summed E-state index contributed by atoms with van der Waals surface area (Å²) >= 11 is 0. The van der Waals surface area contributed by atoms with Gasteiger partial charge >= 0.3 is 0 Å². The summed E-state index contributed by atoms with van der Waals surface area (Å²) in [5, 5.41) is 10.2. The Labute approximate surface area is 179 Å². The standard InChI is InChI=1S/C23H24N4O4/c1-14-2-9-22(24-12-14)31-17-6-4-16(5-7-17)25-23(28)19-11-18(26-27-19)15-3-8-20-21(10-15)30-13-29-20/h2-3,8-12,16-17H,4-7,13H2,1H3,(H,25,28)(H,26,27). The molecule has 1 saturated carbocycles. The summed E-state index contributed by atoms with van der Waals surface area (Å²) in [6, 6.07) is 11.4. The lowest BCUT2D eigenvalue weighted by Crippen LogP contribution is -2.39. The van der Waals surface area contributed by atoms with Crippen LogP contribution in [-0.2, 0) is 0 Å². The fourth-order valence-corrected chi connectivity index (χ4v) is 3.92. The Hall–Kier alpha value is -3.55. The Balaban J connectivity index is 1.15. The second-order valence-electron chi connectivity index (χ2n) is 7.97. The van der Waals surface area contributed by atoms with Gasteiger partial charge in [-0.1, -0.05) is 6.07 Å². The van der Waals surface area contributed by atoms with Crippen molar-refractivity contribution in [2.45, 2.75) is 44.8 Å². The van der Waals surface area contributed by atoms with E-state index in [1.54, 1.807) is 6.07 Å². The maximum Gasteiger partial charge on any atom is 0.269 e. The van der Waals surface area contributed by atoms with Crippen molar-refractivity contribution >= 4 is 5.91 Å². The van der Waals surface area contributed by atoms with Crippen molar-refractivity contribution in [2.24, 2.45) is 0 Å². The van der Waals surface area contributed by atoms with Gasteiger partial charge in [0.25, 0.3) is 5.91 Å². The first kappa shape index (κ1) is 19.4. The number of hydrogen-bond donors (Lipinski definition) is 2. The number of aryl methyl sites for hydroxylation is 1. The van der Waals surface area contributed by atoms with Crippen LogP contribution in [0.2, 0.25) is 0 Å². The first-order chi connectivity index (χ1) is 15.1. The van der Waals surface area contributed by atoms with Crippen LogP contribution in [0.3, 0.4) is 0 Å². The van der Waals surface area contributed by atoms with Gasteiger partial charge in [-0.15, -0.1) is 0 Å². The third-order valence-electron chi connectivity index (χ3n) is 5.67. The molecule has 0 saturated heterocycles. The van der Waals surface area contributed by atoms with Gasteiger partial charge < -0.3 is 19.5 Å². The molecule has 0 atom stereocenters. The monoisotopic (exact) mass is 420 g/mol. The van der Waals surface area contributed by atoms with E-state index in [0.717, 1.165) is 42.6 Å². The number of rotatable bonds is 5. The van der Waals surface area contributed by atoms with Gasteiger partial charge in [0.2, 0.25) is 12.7 Å². The van der Waals surface area contributed by atoms with Gasteiger partial charge in [-0.3, -0.25) is 9.89 Å². The van der Waals surface area contributed by atoms with Crippen LogP contribution >= 0.6 is 0 Å². The minimum absolute atomic E-state index is 0.121. The SMILES string of the molecule is Cc1ccc(OC2CCC(NC(=O)c3cc(-c4ccc5c(c4)OCO5)n[nH]3)CC2)nc1. The highest BCUT2D eigenvalue weighted by Crippen LogP contribution is 2.35. The van der Waals surface area contributed by atoms with Crippen LogP contribution in [0.4, 0.5) is 0 Å². The van der Waals surface area contributed by atoms with E-state index in [2.05, 4.69) is 20.5 Å². The third-order valence-corrected chi connectivity index (χ3v) is 5.67. The van der Waals surface area contributed by atoms with Crippen molar-refractivity contribution in [3.8, 4) is 28.6 Å². The number of nitrogens with one attached hydrogen (secondary N) is 2. The number of aromatic nitrogens is 3. The van der Waals surface area contributed by atoms with Gasteiger partial charge in [0.1, 0.15) is 11.8 Å². The maximum absolute atomic E-state index is 12.7. The summed E-state index contributed by atoms with van der Waals surface area (Å²) in [6.07, 6.45) is 5.44. The van der Waals surface area contributed by atoms with E-state index in [4.69, 9.17) is 14.2 Å². The Morgan fingerprint density at radius 1 is 1.10 bits per heavy atom. The van der Waals surface area contributed by atoms with Crippen LogP contribution in [0.5, 0.6) is 17.4 Å². The quantitative estimate of drug-likeness (QED) is 0.654. The van der Waals surface area contributed by atoms with Crippen molar-refractivity contribution < 1.29 is 19.0 Å². The molecule has 31 heavy (non-hydrogen) atoms. The number of carbonyl (C=O) groups excluding carboxylic acids is 1. The molecule has 0 unspecified atom stereocenters. The van der Waals surface area contributed by atoms with Crippen molar-refractivity contribution in [1.82, 2.24) is 20.5 Å². The molecule has 1 aliphatic heterocycles. The summed E-state index contributed by atoms with van der Waals surface area (Å²) in [7, 11) is 0. The second kappa shape index (κ2) is 8.29. The van der Waals surface area contributed by atoms with Crippen LogP contribution in [-0.4, -0.2) is 40.0 Å².